The highest BCUT2D eigenvalue weighted by Gasteiger charge is 2.49. The molecule has 3 rings (SSSR count). The van der Waals surface area contributed by atoms with Crippen LogP contribution in [0.1, 0.15) is 16.1 Å². The number of primary sulfonamides is 1. The number of carbonyl (C=O) groups is 2. The summed E-state index contributed by atoms with van der Waals surface area (Å²) in [6.45, 7) is -0.0979. The molecule has 0 radical (unpaired) electrons. The third kappa shape index (κ3) is 5.62. The lowest BCUT2D eigenvalue weighted by atomic mass is 9.99. The summed E-state index contributed by atoms with van der Waals surface area (Å²) in [7, 11) is -2.83. The van der Waals surface area contributed by atoms with E-state index < -0.39 is 52.6 Å². The van der Waals surface area contributed by atoms with Gasteiger partial charge in [-0.1, -0.05) is 4.85 Å². The van der Waals surface area contributed by atoms with E-state index >= 15 is 0 Å². The molecule has 1 aromatic carbocycles. The van der Waals surface area contributed by atoms with E-state index in [2.05, 4.69) is 20.4 Å². The van der Waals surface area contributed by atoms with Crippen LogP contribution in [0.3, 0.4) is 0 Å². The third-order valence-electron chi connectivity index (χ3n) is 4.61. The molecule has 5 atom stereocenters. The minimum Gasteiger partial charge on any atom is -0.467 e. The number of aliphatic hydroxyl groups is 3. The topological polar surface area (TPSA) is 225 Å². The Balaban J connectivity index is 1.59. The normalized spacial score (nSPS) is 25.3. The van der Waals surface area contributed by atoms with Crippen molar-refractivity contribution >= 4 is 21.9 Å². The zero-order chi connectivity index (χ0) is 24.3. The number of aromatic nitrogens is 3. The number of sulfonamides is 1. The molecule has 0 bridgehead atoms. The van der Waals surface area contributed by atoms with Gasteiger partial charge in [0.1, 0.15) is 24.0 Å². The van der Waals surface area contributed by atoms with Crippen LogP contribution in [0.5, 0.6) is 0 Å². The van der Waals surface area contributed by atoms with Gasteiger partial charge in [-0.2, -0.15) is 0 Å². The first-order valence-electron chi connectivity index (χ1n) is 9.28. The van der Waals surface area contributed by atoms with Crippen molar-refractivity contribution in [3.05, 3.63) is 41.7 Å². The van der Waals surface area contributed by atoms with Gasteiger partial charge in [-0.25, -0.2) is 18.4 Å². The zero-order valence-corrected chi connectivity index (χ0v) is 17.8. The monoisotopic (exact) mass is 487 g/mol. The molecule has 1 saturated heterocycles. The van der Waals surface area contributed by atoms with E-state index in [1.54, 1.807) is 0 Å². The molecule has 15 nitrogen and oxygen atoms in total. The van der Waals surface area contributed by atoms with E-state index in [4.69, 9.17) is 14.7 Å². The van der Waals surface area contributed by atoms with Gasteiger partial charge >= 0.3 is 5.97 Å². The van der Waals surface area contributed by atoms with Gasteiger partial charge in [-0.15, -0.1) is 5.10 Å². The van der Waals surface area contributed by atoms with E-state index in [1.165, 1.54) is 30.5 Å². The lowest BCUT2D eigenvalue weighted by molar-refractivity contribution is -0.297. The minimum absolute atomic E-state index is 0.0979. The Morgan fingerprint density at radius 3 is 2.45 bits per heavy atom. The quantitative estimate of drug-likeness (QED) is 0.238. The summed E-state index contributed by atoms with van der Waals surface area (Å²) in [6, 6.07) is 4.95. The highest BCUT2D eigenvalue weighted by atomic mass is 32.2. The van der Waals surface area contributed by atoms with Gasteiger partial charge in [0.05, 0.1) is 24.7 Å². The fraction of sp³-hybridized carbons (Fsp3) is 0.412. The first-order valence-corrected chi connectivity index (χ1v) is 10.8. The van der Waals surface area contributed by atoms with Gasteiger partial charge in [0.2, 0.25) is 10.0 Å². The van der Waals surface area contributed by atoms with Crippen LogP contribution in [-0.4, -0.2) is 88.6 Å². The molecule has 180 valence electrons. The van der Waals surface area contributed by atoms with Crippen LogP contribution in [0.2, 0.25) is 0 Å². The molecule has 16 heteroatoms. The standard InChI is InChI=1S/C17H21N5O10S/c1-30-16(27)14-12(24)11(23)13(25)17(31-14)32-22-7-9(20-21-22)6-19-15(26)8-2-4-10(5-3-8)33(18,28)29/h2-5,7,11-14,17,23-25H,6H2,1H3,(H,19,26)(H2,18,28,29)/t11-,12-,13+,14-,17-/m0/s1. The van der Waals surface area contributed by atoms with Gasteiger partial charge < -0.3 is 34.9 Å². The van der Waals surface area contributed by atoms with Crippen LogP contribution < -0.4 is 15.3 Å². The van der Waals surface area contributed by atoms with Crippen molar-refractivity contribution in [2.75, 3.05) is 7.11 Å². The fourth-order valence-electron chi connectivity index (χ4n) is 2.83. The number of esters is 1. The third-order valence-corrected chi connectivity index (χ3v) is 5.54. The van der Waals surface area contributed by atoms with Crippen LogP contribution >= 0.6 is 0 Å². The number of hydrogen-bond acceptors (Lipinski definition) is 12. The summed E-state index contributed by atoms with van der Waals surface area (Å²) in [6.07, 6.45) is -7.22. The molecule has 0 spiro atoms. The molecule has 6 N–H and O–H groups in total. The van der Waals surface area contributed by atoms with Crippen molar-refractivity contribution in [1.82, 2.24) is 20.5 Å². The van der Waals surface area contributed by atoms with Crippen molar-refractivity contribution in [2.45, 2.75) is 42.1 Å². The first-order chi connectivity index (χ1) is 15.5. The highest BCUT2D eigenvalue weighted by Crippen LogP contribution is 2.21. The van der Waals surface area contributed by atoms with Crippen molar-refractivity contribution in [3.8, 4) is 0 Å². The van der Waals surface area contributed by atoms with Crippen molar-refractivity contribution in [1.29, 1.82) is 0 Å². The Labute approximate surface area is 186 Å². The highest BCUT2D eigenvalue weighted by molar-refractivity contribution is 7.89. The summed E-state index contributed by atoms with van der Waals surface area (Å²) in [5.41, 5.74) is 0.395. The molecule has 1 aliphatic heterocycles. The van der Waals surface area contributed by atoms with Gasteiger partial charge in [0, 0.05) is 5.56 Å². The first kappa shape index (κ1) is 24.5. The summed E-state index contributed by atoms with van der Waals surface area (Å²) in [5.74, 6) is -1.52. The maximum absolute atomic E-state index is 12.2. The average molecular weight is 487 g/mol. The number of nitrogens with one attached hydrogen (secondary N) is 1. The summed E-state index contributed by atoms with van der Waals surface area (Å²) in [4.78, 5) is 29.8. The average Bonchev–Trinajstić information content (AvgIpc) is 3.24. The van der Waals surface area contributed by atoms with E-state index in [-0.39, 0.29) is 22.7 Å². The molecule has 1 aliphatic rings. The largest absolute Gasteiger partial charge is 0.467 e. The Morgan fingerprint density at radius 1 is 1.18 bits per heavy atom. The molecule has 1 fully saturated rings. The second-order valence-electron chi connectivity index (χ2n) is 6.89. The zero-order valence-electron chi connectivity index (χ0n) is 17.0. The molecule has 0 saturated carbocycles. The molecule has 1 amide bonds. The fourth-order valence-corrected chi connectivity index (χ4v) is 3.35. The molecular formula is C17H21N5O10S. The maximum atomic E-state index is 12.2. The number of methoxy groups -OCH3 is 1. The molecule has 2 aromatic rings. The van der Waals surface area contributed by atoms with Crippen LogP contribution in [0, 0.1) is 0 Å². The summed E-state index contributed by atoms with van der Waals surface area (Å²) >= 11 is 0. The number of nitrogens with two attached hydrogens (primary N) is 1. The number of carbonyl (C=O) groups excluding carboxylic acids is 2. The Bertz CT molecular complexity index is 1110. The number of benzene rings is 1. The molecule has 0 aliphatic carbocycles. The van der Waals surface area contributed by atoms with Crippen LogP contribution in [0.15, 0.2) is 35.4 Å². The molecular weight excluding hydrogens is 466 g/mol. The molecule has 0 unspecified atom stereocenters. The predicted molar refractivity (Wildman–Crippen MR) is 104 cm³/mol. The Kier molecular flexibility index (Phi) is 7.25. The lowest BCUT2D eigenvalue weighted by Crippen LogP contribution is -2.62. The van der Waals surface area contributed by atoms with Gasteiger partial charge in [0.15, 0.2) is 6.10 Å². The van der Waals surface area contributed by atoms with Crippen LogP contribution in [0.4, 0.5) is 0 Å². The van der Waals surface area contributed by atoms with Crippen LogP contribution in [0.25, 0.3) is 0 Å². The second kappa shape index (κ2) is 9.77. The van der Waals surface area contributed by atoms with E-state index in [0.717, 1.165) is 12.0 Å². The number of rotatable bonds is 7. The Morgan fingerprint density at radius 2 is 1.85 bits per heavy atom. The van der Waals surface area contributed by atoms with Gasteiger partial charge in [-0.05, 0) is 29.5 Å². The Hall–Kier alpha value is -3.15. The smallest absolute Gasteiger partial charge is 0.337 e. The number of hydrogen-bond donors (Lipinski definition) is 5. The predicted octanol–water partition coefficient (Wildman–Crippen LogP) is -3.74. The van der Waals surface area contributed by atoms with Crippen LogP contribution in [-0.2, 0) is 30.8 Å². The van der Waals surface area contributed by atoms with E-state index in [9.17, 15) is 33.3 Å². The van der Waals surface area contributed by atoms with Crippen molar-refractivity contribution in [2.24, 2.45) is 5.14 Å². The van der Waals surface area contributed by atoms with E-state index in [1.807, 2.05) is 0 Å². The van der Waals surface area contributed by atoms with E-state index in [0.29, 0.717) is 0 Å². The number of aliphatic hydroxyl groups excluding tert-OH is 3. The number of amides is 1. The van der Waals surface area contributed by atoms with Gasteiger partial charge in [0.25, 0.3) is 12.2 Å². The van der Waals surface area contributed by atoms with Crippen molar-refractivity contribution in [3.63, 3.8) is 0 Å². The summed E-state index contributed by atoms with van der Waals surface area (Å²) < 4.78 is 32.2. The second-order valence-corrected chi connectivity index (χ2v) is 8.45. The maximum Gasteiger partial charge on any atom is 0.337 e. The number of ether oxygens (including phenoxy) is 2. The minimum atomic E-state index is -3.88. The molecule has 2 heterocycles. The molecule has 1 aromatic heterocycles. The number of nitrogens with zero attached hydrogens (tertiary/aromatic N) is 3. The van der Waals surface area contributed by atoms with Gasteiger partial charge in [-0.3, -0.25) is 4.79 Å². The molecule has 33 heavy (non-hydrogen) atoms. The SMILES string of the molecule is COC(=O)[C@H]1O[C@@H](On2cc(CNC(=O)c3ccc(S(N)(=O)=O)cc3)nn2)[C@H](O)[C@@H](O)[C@@H]1O. The lowest BCUT2D eigenvalue weighted by Gasteiger charge is -2.38. The van der Waals surface area contributed by atoms with Crippen molar-refractivity contribution < 1.29 is 47.6 Å². The summed E-state index contributed by atoms with van der Waals surface area (Å²) in [5, 5.41) is 44.8.